The molecule has 3 heterocycles. The molecule has 1 aliphatic heterocycles. The average Bonchev–Trinajstić information content (AvgIpc) is 2.95. The summed E-state index contributed by atoms with van der Waals surface area (Å²) in [6, 6.07) is 3.90. The number of nitrogens with one attached hydrogen (secondary N) is 2. The van der Waals surface area contributed by atoms with Gasteiger partial charge < -0.3 is 15.0 Å². The minimum Gasteiger partial charge on any atom is -0.349 e. The number of hydrogen-bond acceptors (Lipinski definition) is 3. The summed E-state index contributed by atoms with van der Waals surface area (Å²) in [5, 5.41) is 6.47. The first-order valence-electron chi connectivity index (χ1n) is 7.18. The fourth-order valence-corrected chi connectivity index (χ4v) is 2.81. The number of imidazole rings is 1. The highest BCUT2D eigenvalue weighted by molar-refractivity contribution is 5.94. The molecule has 3 rings (SSSR count). The number of carbonyl (C=O) groups excluding carboxylic acids is 1. The van der Waals surface area contributed by atoms with Crippen molar-refractivity contribution in [2.45, 2.75) is 25.8 Å². The number of rotatable bonds is 3. The summed E-state index contributed by atoms with van der Waals surface area (Å²) in [6.07, 6.45) is 7.66. The molecule has 1 aliphatic rings. The highest BCUT2D eigenvalue weighted by Gasteiger charge is 2.21. The van der Waals surface area contributed by atoms with Gasteiger partial charge in [-0.25, -0.2) is 4.98 Å². The van der Waals surface area contributed by atoms with E-state index < -0.39 is 0 Å². The van der Waals surface area contributed by atoms with E-state index in [4.69, 9.17) is 0 Å². The minimum absolute atomic E-state index is 0.00775. The van der Waals surface area contributed by atoms with Crippen molar-refractivity contribution in [3.63, 3.8) is 0 Å². The van der Waals surface area contributed by atoms with Crippen molar-refractivity contribution >= 4 is 11.6 Å². The maximum atomic E-state index is 12.3. The Morgan fingerprint density at radius 3 is 3.05 bits per heavy atom. The zero-order chi connectivity index (χ0) is 13.9. The van der Waals surface area contributed by atoms with Gasteiger partial charge in [0.1, 0.15) is 5.65 Å². The smallest absolute Gasteiger partial charge is 0.252 e. The van der Waals surface area contributed by atoms with Gasteiger partial charge in [0, 0.05) is 24.6 Å². The lowest BCUT2D eigenvalue weighted by atomic mass is 9.91. The van der Waals surface area contributed by atoms with Gasteiger partial charge in [0.15, 0.2) is 0 Å². The second-order valence-corrected chi connectivity index (χ2v) is 5.46. The zero-order valence-corrected chi connectivity index (χ0v) is 11.7. The van der Waals surface area contributed by atoms with Crippen LogP contribution in [0, 0.1) is 5.92 Å². The van der Waals surface area contributed by atoms with Crippen LogP contribution in [0.2, 0.25) is 0 Å². The van der Waals surface area contributed by atoms with E-state index in [1.54, 1.807) is 6.20 Å². The summed E-state index contributed by atoms with van der Waals surface area (Å²) in [7, 11) is 0. The first kappa shape index (κ1) is 13.1. The second-order valence-electron chi connectivity index (χ2n) is 5.46. The van der Waals surface area contributed by atoms with Crippen molar-refractivity contribution in [3.05, 3.63) is 36.3 Å². The molecule has 0 radical (unpaired) electrons. The first-order chi connectivity index (χ1) is 9.74. The van der Waals surface area contributed by atoms with Crippen molar-refractivity contribution in [3.8, 4) is 0 Å². The Bertz CT molecular complexity index is 601. The molecular formula is C15H20N4O. The van der Waals surface area contributed by atoms with Crippen LogP contribution in [0.15, 0.2) is 30.7 Å². The molecule has 2 N–H and O–H groups in total. The second kappa shape index (κ2) is 5.63. The third kappa shape index (κ3) is 2.67. The van der Waals surface area contributed by atoms with Gasteiger partial charge in [0.2, 0.25) is 0 Å². The predicted molar refractivity (Wildman–Crippen MR) is 77.7 cm³/mol. The van der Waals surface area contributed by atoms with Crippen LogP contribution in [0.25, 0.3) is 5.65 Å². The van der Waals surface area contributed by atoms with Crippen molar-refractivity contribution in [1.82, 2.24) is 20.0 Å². The Kier molecular flexibility index (Phi) is 3.69. The standard InChI is InChI=1S/C15H20N4O/c1-11(12-4-6-16-7-5-12)18-15(20)13-2-3-14-17-8-9-19(14)10-13/h2-3,8-12,16H,4-7H2,1H3,(H,18,20)/t11-/m1/s1. The van der Waals surface area contributed by atoms with Gasteiger partial charge in [-0.2, -0.15) is 0 Å². The maximum Gasteiger partial charge on any atom is 0.252 e. The molecule has 0 saturated carbocycles. The molecule has 0 aromatic carbocycles. The number of amides is 1. The number of aromatic nitrogens is 2. The molecular weight excluding hydrogens is 252 g/mol. The van der Waals surface area contributed by atoms with Crippen LogP contribution in [0.1, 0.15) is 30.1 Å². The maximum absolute atomic E-state index is 12.3. The number of hydrogen-bond donors (Lipinski definition) is 2. The quantitative estimate of drug-likeness (QED) is 0.889. The van der Waals surface area contributed by atoms with E-state index in [9.17, 15) is 4.79 Å². The first-order valence-corrected chi connectivity index (χ1v) is 7.18. The zero-order valence-electron chi connectivity index (χ0n) is 11.7. The van der Waals surface area contributed by atoms with E-state index >= 15 is 0 Å². The monoisotopic (exact) mass is 272 g/mol. The van der Waals surface area contributed by atoms with Gasteiger partial charge in [-0.3, -0.25) is 4.79 Å². The Labute approximate surface area is 118 Å². The number of pyridine rings is 1. The normalized spacial score (nSPS) is 18.1. The lowest BCUT2D eigenvalue weighted by Gasteiger charge is -2.28. The number of carbonyl (C=O) groups is 1. The molecule has 1 fully saturated rings. The van der Waals surface area contributed by atoms with Crippen molar-refractivity contribution in [1.29, 1.82) is 0 Å². The van der Waals surface area contributed by atoms with Crippen molar-refractivity contribution in [2.24, 2.45) is 5.92 Å². The minimum atomic E-state index is -0.00775. The lowest BCUT2D eigenvalue weighted by molar-refractivity contribution is 0.0920. The van der Waals surface area contributed by atoms with Crippen LogP contribution in [0.3, 0.4) is 0 Å². The van der Waals surface area contributed by atoms with Gasteiger partial charge in [-0.1, -0.05) is 0 Å². The van der Waals surface area contributed by atoms with E-state index in [2.05, 4.69) is 22.5 Å². The Balaban J connectivity index is 1.68. The molecule has 0 aliphatic carbocycles. The third-order valence-corrected chi connectivity index (χ3v) is 4.10. The summed E-state index contributed by atoms with van der Waals surface area (Å²) >= 11 is 0. The molecule has 2 aromatic heterocycles. The summed E-state index contributed by atoms with van der Waals surface area (Å²) in [4.78, 5) is 16.5. The van der Waals surface area contributed by atoms with Crippen LogP contribution < -0.4 is 10.6 Å². The lowest BCUT2D eigenvalue weighted by Crippen LogP contribution is -2.42. The molecule has 1 amide bonds. The van der Waals surface area contributed by atoms with E-state index in [0.29, 0.717) is 11.5 Å². The molecule has 2 aromatic rings. The third-order valence-electron chi connectivity index (χ3n) is 4.10. The summed E-state index contributed by atoms with van der Waals surface area (Å²) in [5.41, 5.74) is 1.53. The van der Waals surface area contributed by atoms with Gasteiger partial charge in [-0.15, -0.1) is 0 Å². The van der Waals surface area contributed by atoms with Crippen LogP contribution in [-0.4, -0.2) is 34.4 Å². The van der Waals surface area contributed by atoms with Crippen LogP contribution >= 0.6 is 0 Å². The van der Waals surface area contributed by atoms with E-state index in [0.717, 1.165) is 31.6 Å². The predicted octanol–water partition coefficient (Wildman–Crippen LogP) is 1.45. The fraction of sp³-hybridized carbons (Fsp3) is 0.467. The molecule has 20 heavy (non-hydrogen) atoms. The van der Waals surface area contributed by atoms with Gasteiger partial charge in [0.25, 0.3) is 5.91 Å². The Morgan fingerprint density at radius 2 is 2.25 bits per heavy atom. The van der Waals surface area contributed by atoms with Crippen molar-refractivity contribution in [2.75, 3.05) is 13.1 Å². The molecule has 0 bridgehead atoms. The van der Waals surface area contributed by atoms with Crippen LogP contribution in [-0.2, 0) is 0 Å². The van der Waals surface area contributed by atoms with Crippen LogP contribution in [0.5, 0.6) is 0 Å². The van der Waals surface area contributed by atoms with Gasteiger partial charge in [0.05, 0.1) is 5.56 Å². The fourth-order valence-electron chi connectivity index (χ4n) is 2.81. The number of piperidine rings is 1. The van der Waals surface area contributed by atoms with Crippen molar-refractivity contribution < 1.29 is 4.79 Å². The largest absolute Gasteiger partial charge is 0.349 e. The van der Waals surface area contributed by atoms with Crippen LogP contribution in [0.4, 0.5) is 0 Å². The van der Waals surface area contributed by atoms with Gasteiger partial charge >= 0.3 is 0 Å². The highest BCUT2D eigenvalue weighted by atomic mass is 16.1. The Hall–Kier alpha value is -1.88. The summed E-state index contributed by atoms with van der Waals surface area (Å²) < 4.78 is 1.87. The highest BCUT2D eigenvalue weighted by Crippen LogP contribution is 2.16. The molecule has 106 valence electrons. The summed E-state index contributed by atoms with van der Waals surface area (Å²) in [6.45, 7) is 4.20. The van der Waals surface area contributed by atoms with E-state index in [-0.39, 0.29) is 11.9 Å². The molecule has 1 saturated heterocycles. The molecule has 1 atom stereocenters. The van der Waals surface area contributed by atoms with E-state index in [1.807, 2.05) is 28.9 Å². The molecule has 5 nitrogen and oxygen atoms in total. The SMILES string of the molecule is C[C@@H](NC(=O)c1ccc2nccn2c1)C1CCNCC1. The summed E-state index contributed by atoms with van der Waals surface area (Å²) in [5.74, 6) is 0.559. The topological polar surface area (TPSA) is 58.4 Å². The number of fused-ring (bicyclic) bond motifs is 1. The molecule has 5 heteroatoms. The Morgan fingerprint density at radius 1 is 1.45 bits per heavy atom. The molecule has 0 spiro atoms. The van der Waals surface area contributed by atoms with Gasteiger partial charge in [-0.05, 0) is 50.9 Å². The van der Waals surface area contributed by atoms with E-state index in [1.165, 1.54) is 0 Å². The average molecular weight is 272 g/mol. The molecule has 0 unspecified atom stereocenters. The number of nitrogens with zero attached hydrogens (tertiary/aromatic N) is 2.